The maximum atomic E-state index is 13.8. The van der Waals surface area contributed by atoms with Crippen molar-refractivity contribution in [3.05, 3.63) is 18.2 Å². The Morgan fingerprint density at radius 3 is 1.77 bits per heavy atom. The van der Waals surface area contributed by atoms with Crippen LogP contribution in [0.2, 0.25) is 0 Å². The molecule has 2 heterocycles. The number of amides is 9. The van der Waals surface area contributed by atoms with Gasteiger partial charge in [-0.2, -0.15) is 25.3 Å². The van der Waals surface area contributed by atoms with Gasteiger partial charge in [-0.25, -0.2) is 4.98 Å². The largest absolute Gasteiger partial charge is 0.480 e. The molecule has 370 valence electrons. The average Bonchev–Trinajstić information content (AvgIpc) is 4.01. The van der Waals surface area contributed by atoms with Crippen LogP contribution in [0.4, 0.5) is 0 Å². The van der Waals surface area contributed by atoms with E-state index in [0.717, 1.165) is 4.90 Å². The molecule has 1 saturated heterocycles. The summed E-state index contributed by atoms with van der Waals surface area (Å²) in [5, 5.41) is 57.8. The van der Waals surface area contributed by atoms with Crippen molar-refractivity contribution < 1.29 is 68.4 Å². The second-order valence-corrected chi connectivity index (χ2v) is 15.7. The van der Waals surface area contributed by atoms with E-state index < -0.39 is 140 Å². The number of carbonyl (C=O) groups excluding carboxylic acids is 9. The lowest BCUT2D eigenvalue weighted by atomic mass is 10.1. The van der Waals surface area contributed by atoms with E-state index in [1.807, 2.05) is 0 Å². The summed E-state index contributed by atoms with van der Waals surface area (Å²) in [4.78, 5) is 137. The number of imidazole rings is 1. The summed E-state index contributed by atoms with van der Waals surface area (Å²) in [6.45, 7) is -2.11. The summed E-state index contributed by atoms with van der Waals surface area (Å²) in [7, 11) is 0. The van der Waals surface area contributed by atoms with Crippen LogP contribution >= 0.6 is 25.3 Å². The number of hydrogen-bond donors (Lipinski definition) is 17. The number of H-pyrrole nitrogens is 1. The molecular formula is C37H61N13O14S2. The predicted molar refractivity (Wildman–Crippen MR) is 237 cm³/mol. The number of carboxylic acid groups (broad SMARTS) is 1. The molecule has 1 aliphatic heterocycles. The number of aliphatic carboxylic acids is 1. The molecule has 0 unspecified atom stereocenters. The van der Waals surface area contributed by atoms with Crippen molar-refractivity contribution in [2.75, 3.05) is 51.0 Å². The van der Waals surface area contributed by atoms with E-state index in [0.29, 0.717) is 18.5 Å². The van der Waals surface area contributed by atoms with Gasteiger partial charge in [0.05, 0.1) is 32.2 Å². The van der Waals surface area contributed by atoms with E-state index in [9.17, 15) is 63.3 Å². The Morgan fingerprint density at radius 2 is 1.23 bits per heavy atom. The van der Waals surface area contributed by atoms with Crippen LogP contribution in [0.25, 0.3) is 0 Å². The molecule has 0 bridgehead atoms. The van der Waals surface area contributed by atoms with E-state index in [4.69, 9.17) is 16.6 Å². The van der Waals surface area contributed by atoms with Gasteiger partial charge in [0, 0.05) is 36.4 Å². The SMILES string of the molecule is C[C@H](N)C(=O)N[C@@H](CS)C(=O)N[C@@H](CO)C(=O)N[C@@H](CO)C(=O)N1CCC[C@H]1C(=O)N[C@@H](CO)C(=O)N[C@@H](CCCCN)C(=O)N[C@@H](Cc1cnc[nH]1)C(=O)N[C@@H](CS)C(=O)NCC(=O)O. The molecule has 1 aromatic rings. The highest BCUT2D eigenvalue weighted by Gasteiger charge is 2.40. The van der Waals surface area contributed by atoms with Gasteiger partial charge in [-0.15, -0.1) is 0 Å². The van der Waals surface area contributed by atoms with Crippen molar-refractivity contribution >= 4 is 84.4 Å². The number of nitrogens with zero attached hydrogens (tertiary/aromatic N) is 2. The highest BCUT2D eigenvalue weighted by atomic mass is 32.1. The van der Waals surface area contributed by atoms with E-state index >= 15 is 0 Å². The fraction of sp³-hybridized carbons (Fsp3) is 0.649. The van der Waals surface area contributed by atoms with Crippen LogP contribution in [0.15, 0.2) is 12.5 Å². The lowest BCUT2D eigenvalue weighted by molar-refractivity contribution is -0.143. The number of carbonyl (C=O) groups is 10. The molecule has 1 fully saturated rings. The number of carboxylic acids is 1. The fourth-order valence-electron chi connectivity index (χ4n) is 6.27. The number of unbranched alkanes of at least 4 members (excludes halogenated alkanes) is 1. The number of likely N-dealkylation sites (tertiary alicyclic amines) is 1. The first-order valence-electron chi connectivity index (χ1n) is 20.8. The Hall–Kier alpha value is -5.59. The maximum absolute atomic E-state index is 13.8. The zero-order valence-corrected chi connectivity index (χ0v) is 37.9. The number of rotatable bonds is 29. The maximum Gasteiger partial charge on any atom is 0.322 e. The van der Waals surface area contributed by atoms with E-state index in [2.05, 4.69) is 77.8 Å². The third-order valence-electron chi connectivity index (χ3n) is 9.92. The van der Waals surface area contributed by atoms with Gasteiger partial charge in [-0.1, -0.05) is 0 Å². The first kappa shape index (κ1) is 56.5. The normalized spacial score (nSPS) is 17.0. The average molecular weight is 976 g/mol. The summed E-state index contributed by atoms with van der Waals surface area (Å²) in [6, 6.07) is -12.6. The third-order valence-corrected chi connectivity index (χ3v) is 10.6. The Kier molecular flexibility index (Phi) is 25.0. The molecule has 27 nitrogen and oxygen atoms in total. The molecule has 29 heteroatoms. The van der Waals surface area contributed by atoms with Crippen LogP contribution in [0, 0.1) is 0 Å². The van der Waals surface area contributed by atoms with Crippen LogP contribution in [-0.4, -0.2) is 200 Å². The molecule has 17 N–H and O–H groups in total. The van der Waals surface area contributed by atoms with Crippen LogP contribution in [-0.2, 0) is 54.4 Å². The molecule has 0 aromatic carbocycles. The molecule has 1 aliphatic rings. The zero-order chi connectivity index (χ0) is 49.5. The lowest BCUT2D eigenvalue weighted by Gasteiger charge is -2.30. The second kappa shape index (κ2) is 29.1. The standard InChI is InChI=1S/C37H61N13O14S2/c1-18(39)29(56)48-26(16-66)35(62)45-22(12-51)34(61)47-24(14-53)37(64)50-8-4-6-27(50)36(63)46-23(13-52)33(60)43-20(5-2-3-7-38)31(58)44-21(9-19-10-40-17-42-19)32(59)49-25(15-65)30(57)41-11-28(54)55/h10,17-18,20-27,51-53,65-66H,2-9,11-16,38-39H2,1H3,(H,40,42)(H,41,57)(H,43,60)(H,44,58)(H,45,62)(H,46,63)(H,47,61)(H,48,56)(H,49,59)(H,54,55)/t18-,20-,21-,22-,23-,24-,25-,26-,27-/m0/s1. The summed E-state index contributed by atoms with van der Waals surface area (Å²) < 4.78 is 0. The van der Waals surface area contributed by atoms with Gasteiger partial charge in [0.1, 0.15) is 54.9 Å². The van der Waals surface area contributed by atoms with Crippen molar-refractivity contribution in [1.29, 1.82) is 0 Å². The van der Waals surface area contributed by atoms with Gasteiger partial charge >= 0.3 is 5.97 Å². The van der Waals surface area contributed by atoms with E-state index in [1.165, 1.54) is 19.4 Å². The number of thiol groups is 2. The van der Waals surface area contributed by atoms with Crippen LogP contribution in [0.3, 0.4) is 0 Å². The minimum Gasteiger partial charge on any atom is -0.480 e. The fourth-order valence-corrected chi connectivity index (χ4v) is 6.79. The van der Waals surface area contributed by atoms with Crippen molar-refractivity contribution in [3.8, 4) is 0 Å². The van der Waals surface area contributed by atoms with Crippen molar-refractivity contribution in [1.82, 2.24) is 57.4 Å². The van der Waals surface area contributed by atoms with Gasteiger partial charge in [0.15, 0.2) is 0 Å². The molecule has 9 atom stereocenters. The van der Waals surface area contributed by atoms with Crippen LogP contribution in [0.5, 0.6) is 0 Å². The quantitative estimate of drug-likeness (QED) is 0.0262. The molecule has 1 aromatic heterocycles. The smallest absolute Gasteiger partial charge is 0.322 e. The summed E-state index contributed by atoms with van der Waals surface area (Å²) in [6.07, 6.45) is 3.50. The monoisotopic (exact) mass is 975 g/mol. The van der Waals surface area contributed by atoms with Gasteiger partial charge in [0.2, 0.25) is 53.2 Å². The molecule has 0 saturated carbocycles. The Bertz CT molecular complexity index is 1830. The number of nitrogens with two attached hydrogens (primary N) is 2. The zero-order valence-electron chi connectivity index (χ0n) is 36.1. The van der Waals surface area contributed by atoms with Crippen LogP contribution in [0.1, 0.15) is 44.7 Å². The molecular weight excluding hydrogens is 915 g/mol. The van der Waals surface area contributed by atoms with E-state index in [-0.39, 0.29) is 50.3 Å². The molecule has 0 aliphatic carbocycles. The van der Waals surface area contributed by atoms with Crippen molar-refractivity contribution in [2.24, 2.45) is 11.5 Å². The molecule has 0 radical (unpaired) electrons. The minimum atomic E-state index is -1.69. The Morgan fingerprint density at radius 1 is 0.727 bits per heavy atom. The summed E-state index contributed by atoms with van der Waals surface area (Å²) in [5.41, 5.74) is 11.5. The van der Waals surface area contributed by atoms with Crippen molar-refractivity contribution in [3.63, 3.8) is 0 Å². The first-order chi connectivity index (χ1) is 31.3. The topological polar surface area (TPSA) is 432 Å². The predicted octanol–water partition coefficient (Wildman–Crippen LogP) is -8.15. The van der Waals surface area contributed by atoms with Gasteiger partial charge in [-0.05, 0) is 45.6 Å². The summed E-state index contributed by atoms with van der Waals surface area (Å²) in [5.74, 6) is -10.0. The van der Waals surface area contributed by atoms with Gasteiger partial charge in [-0.3, -0.25) is 47.9 Å². The van der Waals surface area contributed by atoms with Gasteiger partial charge in [0.25, 0.3) is 0 Å². The summed E-state index contributed by atoms with van der Waals surface area (Å²) >= 11 is 8.08. The number of aromatic amines is 1. The second-order valence-electron chi connectivity index (χ2n) is 15.0. The Labute approximate surface area is 389 Å². The van der Waals surface area contributed by atoms with Crippen molar-refractivity contribution in [2.45, 2.75) is 99.8 Å². The lowest BCUT2D eigenvalue weighted by Crippen LogP contribution is -2.61. The Balaban J connectivity index is 2.20. The number of aliphatic hydroxyl groups is 3. The number of hydrogen-bond acceptors (Lipinski definition) is 18. The molecule has 66 heavy (non-hydrogen) atoms. The first-order valence-corrected chi connectivity index (χ1v) is 22.0. The van der Waals surface area contributed by atoms with E-state index in [1.54, 1.807) is 0 Å². The highest BCUT2D eigenvalue weighted by Crippen LogP contribution is 2.19. The van der Waals surface area contributed by atoms with Crippen LogP contribution < -0.4 is 54.0 Å². The molecule has 0 spiro atoms. The highest BCUT2D eigenvalue weighted by molar-refractivity contribution is 7.80. The molecule has 2 rings (SSSR count). The third kappa shape index (κ3) is 18.0. The van der Waals surface area contributed by atoms with Gasteiger partial charge < -0.3 is 84.3 Å². The minimum absolute atomic E-state index is 0.0317. The molecule has 9 amide bonds. The number of nitrogens with one attached hydrogen (secondary N) is 9. The number of aliphatic hydroxyl groups excluding tert-OH is 3. The number of aromatic nitrogens is 2.